The highest BCUT2D eigenvalue weighted by molar-refractivity contribution is 6.30. The van der Waals surface area contributed by atoms with Crippen molar-refractivity contribution in [2.75, 3.05) is 18.9 Å². The molecule has 2 aromatic rings. The molecule has 0 saturated carbocycles. The highest BCUT2D eigenvalue weighted by Crippen LogP contribution is 2.14. The molecular formula is C16H17ClN2O. The van der Waals surface area contributed by atoms with Crippen LogP contribution in [0.3, 0.4) is 0 Å². The first-order valence-electron chi connectivity index (χ1n) is 6.50. The Bertz CT molecular complexity index is 599. The number of benzene rings is 2. The lowest BCUT2D eigenvalue weighted by atomic mass is 10.1. The van der Waals surface area contributed by atoms with Crippen molar-refractivity contribution < 1.29 is 4.79 Å². The van der Waals surface area contributed by atoms with E-state index in [1.165, 1.54) is 0 Å². The Morgan fingerprint density at radius 2 is 1.95 bits per heavy atom. The summed E-state index contributed by atoms with van der Waals surface area (Å²) in [5.74, 6) is -0.0722. The molecule has 104 valence electrons. The van der Waals surface area contributed by atoms with Crippen LogP contribution in [0.4, 0.5) is 5.69 Å². The van der Waals surface area contributed by atoms with Crippen LogP contribution in [0, 0.1) is 0 Å². The number of hydrogen-bond acceptors (Lipinski definition) is 2. The van der Waals surface area contributed by atoms with Gasteiger partial charge in [-0.25, -0.2) is 0 Å². The van der Waals surface area contributed by atoms with E-state index in [4.69, 9.17) is 11.6 Å². The molecule has 0 bridgehead atoms. The molecule has 0 aliphatic carbocycles. The van der Waals surface area contributed by atoms with Crippen LogP contribution in [0.15, 0.2) is 48.5 Å². The second-order valence-corrected chi connectivity index (χ2v) is 4.87. The van der Waals surface area contributed by atoms with Crippen molar-refractivity contribution in [2.24, 2.45) is 0 Å². The first-order chi connectivity index (χ1) is 9.70. The summed E-state index contributed by atoms with van der Waals surface area (Å²) in [5, 5.41) is 6.65. The molecule has 3 nitrogen and oxygen atoms in total. The summed E-state index contributed by atoms with van der Waals surface area (Å²) in [4.78, 5) is 12.1. The van der Waals surface area contributed by atoms with E-state index < -0.39 is 0 Å². The van der Waals surface area contributed by atoms with Crippen LogP contribution in [0.2, 0.25) is 5.02 Å². The van der Waals surface area contributed by atoms with Crippen molar-refractivity contribution in [1.29, 1.82) is 0 Å². The van der Waals surface area contributed by atoms with Gasteiger partial charge in [-0.05, 0) is 36.2 Å². The van der Waals surface area contributed by atoms with Gasteiger partial charge in [0.25, 0.3) is 5.91 Å². The van der Waals surface area contributed by atoms with Gasteiger partial charge >= 0.3 is 0 Å². The minimum Gasteiger partial charge on any atom is -0.387 e. The van der Waals surface area contributed by atoms with E-state index in [0.717, 1.165) is 17.7 Å². The van der Waals surface area contributed by atoms with Gasteiger partial charge in [0.15, 0.2) is 0 Å². The zero-order valence-corrected chi connectivity index (χ0v) is 12.1. The SMILES string of the molecule is CNc1ccccc1C(=O)NCCc1cccc(Cl)c1. The van der Waals surface area contributed by atoms with Crippen molar-refractivity contribution in [2.45, 2.75) is 6.42 Å². The minimum atomic E-state index is -0.0722. The monoisotopic (exact) mass is 288 g/mol. The van der Waals surface area contributed by atoms with Crippen LogP contribution in [0.1, 0.15) is 15.9 Å². The summed E-state index contributed by atoms with van der Waals surface area (Å²) in [7, 11) is 1.80. The molecule has 0 radical (unpaired) electrons. The molecule has 4 heteroatoms. The third-order valence-corrected chi connectivity index (χ3v) is 3.26. The summed E-state index contributed by atoms with van der Waals surface area (Å²) < 4.78 is 0. The van der Waals surface area contributed by atoms with Crippen molar-refractivity contribution in [1.82, 2.24) is 5.32 Å². The van der Waals surface area contributed by atoms with E-state index in [9.17, 15) is 4.79 Å². The average molecular weight is 289 g/mol. The van der Waals surface area contributed by atoms with Gasteiger partial charge in [0, 0.05) is 24.3 Å². The number of anilines is 1. The summed E-state index contributed by atoms with van der Waals surface area (Å²) in [5.41, 5.74) is 2.59. The molecule has 0 aliphatic rings. The topological polar surface area (TPSA) is 41.1 Å². The Labute approximate surface area is 124 Å². The number of amides is 1. The Kier molecular flexibility index (Phi) is 5.02. The molecule has 20 heavy (non-hydrogen) atoms. The average Bonchev–Trinajstić information content (AvgIpc) is 2.47. The molecular weight excluding hydrogens is 272 g/mol. The number of rotatable bonds is 5. The van der Waals surface area contributed by atoms with Gasteiger partial charge in [-0.15, -0.1) is 0 Å². The van der Waals surface area contributed by atoms with Gasteiger partial charge < -0.3 is 10.6 Å². The van der Waals surface area contributed by atoms with Crippen LogP contribution in [0.25, 0.3) is 0 Å². The summed E-state index contributed by atoms with van der Waals surface area (Å²) in [6.45, 7) is 0.581. The van der Waals surface area contributed by atoms with E-state index in [1.54, 1.807) is 13.1 Å². The Morgan fingerprint density at radius 3 is 2.70 bits per heavy atom. The summed E-state index contributed by atoms with van der Waals surface area (Å²) >= 11 is 5.93. The second kappa shape index (κ2) is 6.96. The normalized spacial score (nSPS) is 10.1. The highest BCUT2D eigenvalue weighted by atomic mass is 35.5. The fourth-order valence-corrected chi connectivity index (χ4v) is 2.22. The van der Waals surface area contributed by atoms with Crippen LogP contribution in [-0.2, 0) is 6.42 Å². The van der Waals surface area contributed by atoms with E-state index in [-0.39, 0.29) is 5.91 Å². The lowest BCUT2D eigenvalue weighted by Gasteiger charge is -2.09. The second-order valence-electron chi connectivity index (χ2n) is 4.43. The molecule has 0 saturated heterocycles. The van der Waals surface area contributed by atoms with E-state index >= 15 is 0 Å². The molecule has 1 amide bonds. The largest absolute Gasteiger partial charge is 0.387 e. The minimum absolute atomic E-state index is 0.0722. The van der Waals surface area contributed by atoms with Crippen molar-refractivity contribution in [3.05, 3.63) is 64.7 Å². The molecule has 2 rings (SSSR count). The third-order valence-electron chi connectivity index (χ3n) is 3.03. The zero-order valence-electron chi connectivity index (χ0n) is 11.3. The van der Waals surface area contributed by atoms with Crippen LogP contribution in [0.5, 0.6) is 0 Å². The number of para-hydroxylation sites is 1. The van der Waals surface area contributed by atoms with Gasteiger partial charge in [0.1, 0.15) is 0 Å². The summed E-state index contributed by atoms with van der Waals surface area (Å²) in [6.07, 6.45) is 0.758. The van der Waals surface area contributed by atoms with Crippen molar-refractivity contribution in [3.63, 3.8) is 0 Å². The maximum atomic E-state index is 12.1. The van der Waals surface area contributed by atoms with E-state index in [0.29, 0.717) is 17.1 Å². The van der Waals surface area contributed by atoms with Crippen LogP contribution in [-0.4, -0.2) is 19.5 Å². The predicted octanol–water partition coefficient (Wildman–Crippen LogP) is 3.35. The first kappa shape index (κ1) is 14.4. The van der Waals surface area contributed by atoms with Gasteiger partial charge in [0.05, 0.1) is 5.56 Å². The molecule has 0 atom stereocenters. The molecule has 0 unspecified atom stereocenters. The Morgan fingerprint density at radius 1 is 1.15 bits per heavy atom. The van der Waals surface area contributed by atoms with Gasteiger partial charge in [-0.2, -0.15) is 0 Å². The third kappa shape index (κ3) is 3.75. The maximum Gasteiger partial charge on any atom is 0.253 e. The molecule has 2 N–H and O–H groups in total. The standard InChI is InChI=1S/C16H17ClN2O/c1-18-15-8-3-2-7-14(15)16(20)19-10-9-12-5-4-6-13(17)11-12/h2-8,11,18H,9-10H2,1H3,(H,19,20). The number of carbonyl (C=O) groups is 1. The predicted molar refractivity (Wildman–Crippen MR) is 83.5 cm³/mol. The van der Waals surface area contributed by atoms with E-state index in [2.05, 4.69) is 10.6 Å². The molecule has 0 aromatic heterocycles. The Balaban J connectivity index is 1.92. The number of nitrogens with one attached hydrogen (secondary N) is 2. The van der Waals surface area contributed by atoms with E-state index in [1.807, 2.05) is 42.5 Å². The van der Waals surface area contributed by atoms with Gasteiger partial charge in [0.2, 0.25) is 0 Å². The first-order valence-corrected chi connectivity index (χ1v) is 6.88. The Hall–Kier alpha value is -2.00. The van der Waals surface area contributed by atoms with Crippen molar-refractivity contribution in [3.8, 4) is 0 Å². The quantitative estimate of drug-likeness (QED) is 0.886. The lowest BCUT2D eigenvalue weighted by molar-refractivity contribution is 0.0955. The number of hydrogen-bond donors (Lipinski definition) is 2. The number of halogens is 1. The fourth-order valence-electron chi connectivity index (χ4n) is 2.01. The molecule has 0 heterocycles. The zero-order chi connectivity index (χ0) is 14.4. The molecule has 2 aromatic carbocycles. The summed E-state index contributed by atoms with van der Waals surface area (Å²) in [6, 6.07) is 15.1. The lowest BCUT2D eigenvalue weighted by Crippen LogP contribution is -2.26. The van der Waals surface area contributed by atoms with Crippen molar-refractivity contribution >= 4 is 23.2 Å². The van der Waals surface area contributed by atoms with Crippen LogP contribution < -0.4 is 10.6 Å². The fraction of sp³-hybridized carbons (Fsp3) is 0.188. The highest BCUT2D eigenvalue weighted by Gasteiger charge is 2.08. The van der Waals surface area contributed by atoms with Gasteiger partial charge in [-0.3, -0.25) is 4.79 Å². The smallest absolute Gasteiger partial charge is 0.253 e. The van der Waals surface area contributed by atoms with Gasteiger partial charge in [-0.1, -0.05) is 35.9 Å². The molecule has 0 fully saturated rings. The number of carbonyl (C=O) groups excluding carboxylic acids is 1. The maximum absolute atomic E-state index is 12.1. The molecule has 0 aliphatic heterocycles. The molecule has 0 spiro atoms. The van der Waals surface area contributed by atoms with Crippen LogP contribution >= 0.6 is 11.6 Å².